The van der Waals surface area contributed by atoms with E-state index in [9.17, 15) is 14.4 Å². The van der Waals surface area contributed by atoms with Gasteiger partial charge in [-0.05, 0) is 34.9 Å². The summed E-state index contributed by atoms with van der Waals surface area (Å²) in [5.74, 6) is -0.902. The van der Waals surface area contributed by atoms with E-state index in [-0.39, 0.29) is 17.9 Å². The number of nitrogens with zero attached hydrogens (tertiary/aromatic N) is 1. The molecule has 34 heavy (non-hydrogen) atoms. The Balaban J connectivity index is 1.63. The van der Waals surface area contributed by atoms with Gasteiger partial charge in [0.05, 0.1) is 7.11 Å². The van der Waals surface area contributed by atoms with Crippen molar-refractivity contribution in [3.8, 4) is 0 Å². The van der Waals surface area contributed by atoms with Gasteiger partial charge in [-0.15, -0.1) is 0 Å². The minimum absolute atomic E-state index is 0.0234. The van der Waals surface area contributed by atoms with Gasteiger partial charge in [-0.2, -0.15) is 0 Å². The molecule has 1 heterocycles. The first-order valence-electron chi connectivity index (χ1n) is 11.6. The molecule has 1 aliphatic heterocycles. The summed E-state index contributed by atoms with van der Waals surface area (Å²) < 4.78 is 10.3. The Labute approximate surface area is 201 Å². The van der Waals surface area contributed by atoms with Crippen molar-refractivity contribution in [3.05, 3.63) is 71.3 Å². The molecule has 2 amide bonds. The van der Waals surface area contributed by atoms with E-state index in [0.717, 1.165) is 11.1 Å². The normalized spacial score (nSPS) is 16.6. The highest BCUT2D eigenvalue weighted by Crippen LogP contribution is 2.23. The lowest BCUT2D eigenvalue weighted by atomic mass is 9.86. The van der Waals surface area contributed by atoms with Crippen molar-refractivity contribution in [1.29, 1.82) is 0 Å². The molecule has 1 fully saturated rings. The molecule has 2 aromatic rings. The van der Waals surface area contributed by atoms with Crippen LogP contribution in [0.2, 0.25) is 0 Å². The van der Waals surface area contributed by atoms with Crippen LogP contribution >= 0.6 is 0 Å². The molecular formula is C27H34N2O5. The van der Waals surface area contributed by atoms with Crippen molar-refractivity contribution in [1.82, 2.24) is 10.2 Å². The molecule has 1 saturated heterocycles. The van der Waals surface area contributed by atoms with E-state index in [0.29, 0.717) is 25.8 Å². The highest BCUT2D eigenvalue weighted by Gasteiger charge is 2.37. The van der Waals surface area contributed by atoms with Crippen LogP contribution in [0, 0.1) is 0 Å². The molecule has 0 radical (unpaired) electrons. The zero-order chi connectivity index (χ0) is 24.7. The summed E-state index contributed by atoms with van der Waals surface area (Å²) in [5, 5.41) is 2.80. The number of amides is 2. The van der Waals surface area contributed by atoms with Crippen LogP contribution in [0.15, 0.2) is 54.6 Å². The fraction of sp³-hybridized carbons (Fsp3) is 0.444. The van der Waals surface area contributed by atoms with Crippen LogP contribution in [0.4, 0.5) is 4.79 Å². The van der Waals surface area contributed by atoms with Crippen LogP contribution in [-0.4, -0.2) is 48.6 Å². The van der Waals surface area contributed by atoms with Gasteiger partial charge in [-0.3, -0.25) is 9.69 Å². The van der Waals surface area contributed by atoms with Crippen LogP contribution < -0.4 is 5.32 Å². The van der Waals surface area contributed by atoms with Crippen LogP contribution in [-0.2, 0) is 37.5 Å². The van der Waals surface area contributed by atoms with Crippen molar-refractivity contribution >= 4 is 18.0 Å². The van der Waals surface area contributed by atoms with E-state index >= 15 is 0 Å². The summed E-state index contributed by atoms with van der Waals surface area (Å²) in [4.78, 5) is 39.6. The van der Waals surface area contributed by atoms with Crippen LogP contribution in [0.3, 0.4) is 0 Å². The number of ether oxygens (including phenoxy) is 2. The third-order valence-corrected chi connectivity index (χ3v) is 6.06. The Kier molecular flexibility index (Phi) is 8.31. The van der Waals surface area contributed by atoms with Gasteiger partial charge >= 0.3 is 12.1 Å². The molecule has 0 aromatic heterocycles. The van der Waals surface area contributed by atoms with Crippen LogP contribution in [0.1, 0.15) is 50.3 Å². The van der Waals surface area contributed by atoms with Gasteiger partial charge in [0, 0.05) is 13.0 Å². The monoisotopic (exact) mass is 466 g/mol. The standard InChI is InChI=1S/C27H34N2O5/c1-27(2,3)21-14-12-19(13-15-21)17-22(25(31)33-4)28-24(30)23-11-8-16-29(23)26(32)34-18-20-9-6-5-7-10-20/h5-7,9-10,12-15,22-23H,8,11,16-18H2,1-4H3,(H,28,30)/t22-,23-/m1/s1. The Morgan fingerprint density at radius 1 is 1.03 bits per heavy atom. The van der Waals surface area contributed by atoms with Crippen LogP contribution in [0.25, 0.3) is 0 Å². The lowest BCUT2D eigenvalue weighted by Gasteiger charge is -2.25. The summed E-state index contributed by atoms with van der Waals surface area (Å²) in [7, 11) is 1.30. The second-order valence-corrected chi connectivity index (χ2v) is 9.63. The molecule has 7 heteroatoms. The van der Waals surface area contributed by atoms with E-state index in [2.05, 4.69) is 26.1 Å². The van der Waals surface area contributed by atoms with Crippen molar-refractivity contribution in [2.24, 2.45) is 0 Å². The molecule has 1 aliphatic rings. The van der Waals surface area contributed by atoms with E-state index in [1.165, 1.54) is 17.6 Å². The predicted octanol–water partition coefficient (Wildman–Crippen LogP) is 3.99. The third-order valence-electron chi connectivity index (χ3n) is 6.06. The quantitative estimate of drug-likeness (QED) is 0.624. The number of rotatable bonds is 7. The van der Waals surface area contributed by atoms with Crippen molar-refractivity contribution in [3.63, 3.8) is 0 Å². The average Bonchev–Trinajstić information content (AvgIpc) is 3.32. The summed E-state index contributed by atoms with van der Waals surface area (Å²) in [6.45, 7) is 6.98. The maximum atomic E-state index is 13.1. The molecule has 0 saturated carbocycles. The number of methoxy groups -OCH3 is 1. The Bertz CT molecular complexity index is 982. The molecule has 0 unspecified atom stereocenters. The molecule has 182 valence electrons. The molecular weight excluding hydrogens is 432 g/mol. The summed E-state index contributed by atoms with van der Waals surface area (Å²) in [6.07, 6.45) is 0.971. The highest BCUT2D eigenvalue weighted by atomic mass is 16.6. The Hall–Kier alpha value is -3.35. The first-order chi connectivity index (χ1) is 16.2. The molecule has 0 aliphatic carbocycles. The first kappa shape index (κ1) is 25.3. The van der Waals surface area contributed by atoms with Gasteiger partial charge in [0.2, 0.25) is 5.91 Å². The maximum Gasteiger partial charge on any atom is 0.410 e. The minimum atomic E-state index is -0.847. The lowest BCUT2D eigenvalue weighted by molar-refractivity contribution is -0.145. The maximum absolute atomic E-state index is 13.1. The fourth-order valence-electron chi connectivity index (χ4n) is 4.04. The van der Waals surface area contributed by atoms with Gasteiger partial charge in [0.1, 0.15) is 18.7 Å². The minimum Gasteiger partial charge on any atom is -0.467 e. The SMILES string of the molecule is COC(=O)[C@@H](Cc1ccc(C(C)(C)C)cc1)NC(=O)[C@H]1CCCN1C(=O)OCc1ccccc1. The topological polar surface area (TPSA) is 84.9 Å². The molecule has 2 aromatic carbocycles. The number of benzene rings is 2. The summed E-state index contributed by atoms with van der Waals surface area (Å²) in [6, 6.07) is 15.9. The second-order valence-electron chi connectivity index (χ2n) is 9.63. The third kappa shape index (κ3) is 6.59. The van der Waals surface area contributed by atoms with Crippen LogP contribution in [0.5, 0.6) is 0 Å². The molecule has 0 spiro atoms. The second kappa shape index (κ2) is 11.2. The fourth-order valence-corrected chi connectivity index (χ4v) is 4.04. The number of carbonyl (C=O) groups is 3. The largest absolute Gasteiger partial charge is 0.467 e. The molecule has 0 bridgehead atoms. The van der Waals surface area contributed by atoms with E-state index < -0.39 is 24.1 Å². The predicted molar refractivity (Wildman–Crippen MR) is 129 cm³/mol. The first-order valence-corrected chi connectivity index (χ1v) is 11.6. The van der Waals surface area contributed by atoms with Gasteiger partial charge in [0.15, 0.2) is 0 Å². The van der Waals surface area contributed by atoms with E-state index in [4.69, 9.17) is 9.47 Å². The van der Waals surface area contributed by atoms with Gasteiger partial charge in [-0.1, -0.05) is 75.4 Å². The summed E-state index contributed by atoms with van der Waals surface area (Å²) >= 11 is 0. The number of hydrogen-bond acceptors (Lipinski definition) is 5. The van der Waals surface area contributed by atoms with Gasteiger partial charge in [0.25, 0.3) is 0 Å². The number of nitrogens with one attached hydrogen (secondary N) is 1. The van der Waals surface area contributed by atoms with Crippen molar-refractivity contribution < 1.29 is 23.9 Å². The molecule has 1 N–H and O–H groups in total. The molecule has 3 rings (SSSR count). The summed E-state index contributed by atoms with van der Waals surface area (Å²) in [5.41, 5.74) is 2.99. The zero-order valence-corrected chi connectivity index (χ0v) is 20.4. The van der Waals surface area contributed by atoms with E-state index in [1.807, 2.05) is 54.6 Å². The Morgan fingerprint density at radius 2 is 1.71 bits per heavy atom. The number of likely N-dealkylation sites (tertiary alicyclic amines) is 1. The number of hydrogen-bond donors (Lipinski definition) is 1. The molecule has 2 atom stereocenters. The lowest BCUT2D eigenvalue weighted by Crippen LogP contribution is -2.51. The zero-order valence-electron chi connectivity index (χ0n) is 20.4. The van der Waals surface area contributed by atoms with Gasteiger partial charge < -0.3 is 14.8 Å². The van der Waals surface area contributed by atoms with Crippen molar-refractivity contribution in [2.45, 2.75) is 64.1 Å². The smallest absolute Gasteiger partial charge is 0.410 e. The van der Waals surface area contributed by atoms with E-state index in [1.54, 1.807) is 0 Å². The Morgan fingerprint density at radius 3 is 2.32 bits per heavy atom. The van der Waals surface area contributed by atoms with Gasteiger partial charge in [-0.25, -0.2) is 9.59 Å². The highest BCUT2D eigenvalue weighted by molar-refractivity contribution is 5.90. The number of esters is 1. The van der Waals surface area contributed by atoms with Crippen molar-refractivity contribution in [2.75, 3.05) is 13.7 Å². The average molecular weight is 467 g/mol. The molecule has 7 nitrogen and oxygen atoms in total. The number of carbonyl (C=O) groups excluding carboxylic acids is 3.